The van der Waals surface area contributed by atoms with E-state index in [2.05, 4.69) is 5.32 Å². The summed E-state index contributed by atoms with van der Waals surface area (Å²) in [5.74, 6) is 0.450. The van der Waals surface area contributed by atoms with Gasteiger partial charge in [0.1, 0.15) is 12.4 Å². The predicted molar refractivity (Wildman–Crippen MR) is 92.6 cm³/mol. The minimum atomic E-state index is -3.51. The first-order valence-electron chi connectivity index (χ1n) is 8.20. The summed E-state index contributed by atoms with van der Waals surface area (Å²) < 4.78 is 42.1. The van der Waals surface area contributed by atoms with Gasteiger partial charge in [0.05, 0.1) is 30.9 Å². The van der Waals surface area contributed by atoms with Crippen LogP contribution in [0.15, 0.2) is 52.0 Å². The Hall–Kier alpha value is -2.36. The number of hydrogen-bond donors (Lipinski definition) is 1. The summed E-state index contributed by atoms with van der Waals surface area (Å²) in [6.45, 7) is 2.08. The van der Waals surface area contributed by atoms with Crippen LogP contribution in [0.1, 0.15) is 10.6 Å². The minimum Gasteiger partial charge on any atom is -0.492 e. The summed E-state index contributed by atoms with van der Waals surface area (Å²) in [6.07, 6.45) is 1.43. The molecule has 0 unspecified atom stereocenters. The van der Waals surface area contributed by atoms with Crippen molar-refractivity contribution in [1.29, 1.82) is 0 Å². The molecule has 8 nitrogen and oxygen atoms in total. The third-order valence-corrected chi connectivity index (χ3v) is 5.75. The quantitative estimate of drug-likeness (QED) is 0.723. The Bertz CT molecular complexity index is 811. The summed E-state index contributed by atoms with van der Waals surface area (Å²) in [5, 5.41) is 2.66. The Morgan fingerprint density at radius 3 is 2.54 bits per heavy atom. The van der Waals surface area contributed by atoms with Crippen molar-refractivity contribution >= 4 is 15.9 Å². The van der Waals surface area contributed by atoms with Crippen LogP contribution >= 0.6 is 0 Å². The van der Waals surface area contributed by atoms with Gasteiger partial charge in [-0.05, 0) is 36.4 Å². The van der Waals surface area contributed by atoms with Crippen molar-refractivity contribution in [2.45, 2.75) is 4.90 Å². The normalized spacial score (nSPS) is 15.5. The molecule has 1 aromatic carbocycles. The summed E-state index contributed by atoms with van der Waals surface area (Å²) in [4.78, 5) is 11.9. The van der Waals surface area contributed by atoms with Crippen molar-refractivity contribution in [3.05, 3.63) is 48.4 Å². The lowest BCUT2D eigenvalue weighted by molar-refractivity contribution is 0.0730. The molecule has 0 radical (unpaired) electrons. The van der Waals surface area contributed by atoms with E-state index in [1.165, 1.54) is 22.7 Å². The fourth-order valence-corrected chi connectivity index (χ4v) is 3.88. The van der Waals surface area contributed by atoms with E-state index in [1.807, 2.05) is 0 Å². The van der Waals surface area contributed by atoms with Crippen LogP contribution in [0.5, 0.6) is 5.75 Å². The smallest absolute Gasteiger partial charge is 0.287 e. The van der Waals surface area contributed by atoms with Gasteiger partial charge in [0.15, 0.2) is 5.76 Å². The van der Waals surface area contributed by atoms with Gasteiger partial charge >= 0.3 is 0 Å². The molecule has 9 heteroatoms. The number of ether oxygens (including phenoxy) is 2. The monoisotopic (exact) mass is 380 g/mol. The first-order chi connectivity index (χ1) is 12.6. The molecule has 0 atom stereocenters. The molecule has 26 heavy (non-hydrogen) atoms. The third-order valence-electron chi connectivity index (χ3n) is 3.83. The number of furan rings is 1. The highest BCUT2D eigenvalue weighted by Crippen LogP contribution is 2.20. The maximum absolute atomic E-state index is 12.5. The predicted octanol–water partition coefficient (Wildman–Crippen LogP) is 1.11. The van der Waals surface area contributed by atoms with Crippen LogP contribution in [0, 0.1) is 0 Å². The van der Waals surface area contributed by atoms with Gasteiger partial charge in [0.25, 0.3) is 5.91 Å². The second-order valence-electron chi connectivity index (χ2n) is 5.57. The lowest BCUT2D eigenvalue weighted by Gasteiger charge is -2.26. The van der Waals surface area contributed by atoms with Gasteiger partial charge in [-0.1, -0.05) is 0 Å². The van der Waals surface area contributed by atoms with Gasteiger partial charge in [-0.25, -0.2) is 8.42 Å². The lowest BCUT2D eigenvalue weighted by atomic mass is 10.3. The number of nitrogens with one attached hydrogen (secondary N) is 1. The summed E-state index contributed by atoms with van der Waals surface area (Å²) >= 11 is 0. The van der Waals surface area contributed by atoms with Crippen molar-refractivity contribution in [2.24, 2.45) is 0 Å². The molecule has 2 aromatic rings. The second-order valence-corrected chi connectivity index (χ2v) is 7.51. The van der Waals surface area contributed by atoms with Gasteiger partial charge in [-0.15, -0.1) is 0 Å². The SMILES string of the molecule is O=C(NCCOc1ccc(S(=O)(=O)N2CCOCC2)cc1)c1ccco1. The molecule has 0 saturated carbocycles. The highest BCUT2D eigenvalue weighted by Gasteiger charge is 2.26. The number of nitrogens with zero attached hydrogens (tertiary/aromatic N) is 1. The Morgan fingerprint density at radius 1 is 1.15 bits per heavy atom. The Morgan fingerprint density at radius 2 is 1.88 bits per heavy atom. The molecule has 1 amide bonds. The minimum absolute atomic E-state index is 0.220. The van der Waals surface area contributed by atoms with Crippen LogP contribution in [-0.2, 0) is 14.8 Å². The fraction of sp³-hybridized carbons (Fsp3) is 0.353. The Kier molecular flexibility index (Phi) is 5.92. The third kappa shape index (κ3) is 4.43. The number of benzene rings is 1. The second kappa shape index (κ2) is 8.35. The average Bonchev–Trinajstić information content (AvgIpc) is 3.21. The number of sulfonamides is 1. The van der Waals surface area contributed by atoms with Gasteiger partial charge in [-0.2, -0.15) is 4.31 Å². The van der Waals surface area contributed by atoms with Crippen LogP contribution in [0.2, 0.25) is 0 Å². The number of carbonyl (C=O) groups is 1. The summed E-state index contributed by atoms with van der Waals surface area (Å²) in [7, 11) is -3.51. The van der Waals surface area contributed by atoms with E-state index < -0.39 is 10.0 Å². The molecule has 2 heterocycles. The van der Waals surface area contributed by atoms with Gasteiger partial charge in [0.2, 0.25) is 10.0 Å². The highest BCUT2D eigenvalue weighted by atomic mass is 32.2. The molecule has 0 spiro atoms. The zero-order valence-electron chi connectivity index (χ0n) is 14.1. The van der Waals surface area contributed by atoms with E-state index in [-0.39, 0.29) is 23.2 Å². The van der Waals surface area contributed by atoms with Crippen molar-refractivity contribution in [3.63, 3.8) is 0 Å². The molecule has 140 valence electrons. The van der Waals surface area contributed by atoms with E-state index in [0.717, 1.165) is 0 Å². The molecule has 1 aromatic heterocycles. The van der Waals surface area contributed by atoms with Gasteiger partial charge in [0, 0.05) is 13.1 Å². The first kappa shape index (κ1) is 18.4. The standard InChI is InChI=1S/C17H20N2O6S/c20-17(16-2-1-10-25-16)18-7-11-24-14-3-5-15(6-4-14)26(21,22)19-8-12-23-13-9-19/h1-6,10H,7-9,11-13H2,(H,18,20). The van der Waals surface area contributed by atoms with Crippen molar-refractivity contribution < 1.29 is 27.1 Å². The van der Waals surface area contributed by atoms with E-state index >= 15 is 0 Å². The molecule has 1 fully saturated rings. The number of rotatable bonds is 7. The molecular formula is C17H20N2O6S. The summed E-state index contributed by atoms with van der Waals surface area (Å²) in [5.41, 5.74) is 0. The van der Waals surface area contributed by atoms with Crippen LogP contribution in [0.3, 0.4) is 0 Å². The van der Waals surface area contributed by atoms with E-state index in [9.17, 15) is 13.2 Å². The van der Waals surface area contributed by atoms with Gasteiger partial charge < -0.3 is 19.2 Å². The largest absolute Gasteiger partial charge is 0.492 e. The molecule has 3 rings (SSSR count). The Balaban J connectivity index is 1.49. The zero-order chi connectivity index (χ0) is 18.4. The van der Waals surface area contributed by atoms with E-state index in [4.69, 9.17) is 13.9 Å². The molecule has 1 aliphatic rings. The highest BCUT2D eigenvalue weighted by molar-refractivity contribution is 7.89. The first-order valence-corrected chi connectivity index (χ1v) is 9.64. The Labute approximate surface area is 151 Å². The number of hydrogen-bond acceptors (Lipinski definition) is 6. The van der Waals surface area contributed by atoms with E-state index in [0.29, 0.717) is 38.6 Å². The van der Waals surface area contributed by atoms with E-state index in [1.54, 1.807) is 24.3 Å². The van der Waals surface area contributed by atoms with Crippen LogP contribution < -0.4 is 10.1 Å². The number of amides is 1. The van der Waals surface area contributed by atoms with Crippen molar-refractivity contribution in [2.75, 3.05) is 39.5 Å². The fourth-order valence-electron chi connectivity index (χ4n) is 2.47. The van der Waals surface area contributed by atoms with Crippen LogP contribution in [0.25, 0.3) is 0 Å². The number of carbonyl (C=O) groups excluding carboxylic acids is 1. The van der Waals surface area contributed by atoms with Crippen molar-refractivity contribution in [1.82, 2.24) is 9.62 Å². The molecular weight excluding hydrogens is 360 g/mol. The molecule has 1 N–H and O–H groups in total. The molecule has 0 aliphatic carbocycles. The van der Waals surface area contributed by atoms with Crippen molar-refractivity contribution in [3.8, 4) is 5.75 Å². The zero-order valence-corrected chi connectivity index (χ0v) is 14.9. The van der Waals surface area contributed by atoms with Gasteiger partial charge in [-0.3, -0.25) is 4.79 Å². The lowest BCUT2D eigenvalue weighted by Crippen LogP contribution is -2.40. The number of morpholine rings is 1. The summed E-state index contributed by atoms with van der Waals surface area (Å²) in [6, 6.07) is 9.44. The molecule has 0 bridgehead atoms. The van der Waals surface area contributed by atoms with Crippen LogP contribution in [-0.4, -0.2) is 58.1 Å². The average molecular weight is 380 g/mol. The van der Waals surface area contributed by atoms with Crippen LogP contribution in [0.4, 0.5) is 0 Å². The maximum atomic E-state index is 12.5. The topological polar surface area (TPSA) is 98.1 Å². The molecule has 1 aliphatic heterocycles. The molecule has 1 saturated heterocycles. The maximum Gasteiger partial charge on any atom is 0.287 e.